The van der Waals surface area contributed by atoms with Gasteiger partial charge in [-0.2, -0.15) is 0 Å². The Morgan fingerprint density at radius 2 is 1.93 bits per heavy atom. The lowest BCUT2D eigenvalue weighted by molar-refractivity contribution is 0.0734. The van der Waals surface area contributed by atoms with E-state index in [1.807, 2.05) is 41.3 Å². The normalized spacial score (nSPS) is 13.1. The van der Waals surface area contributed by atoms with Crippen LogP contribution in [0.4, 0.5) is 5.82 Å². The second kappa shape index (κ2) is 8.44. The van der Waals surface area contributed by atoms with E-state index >= 15 is 0 Å². The summed E-state index contributed by atoms with van der Waals surface area (Å²) in [4.78, 5) is 19.1. The van der Waals surface area contributed by atoms with Gasteiger partial charge in [0.15, 0.2) is 0 Å². The van der Waals surface area contributed by atoms with Crippen molar-refractivity contribution in [3.63, 3.8) is 0 Å². The minimum Gasteiger partial charge on any atom is -0.370 e. The van der Waals surface area contributed by atoms with Crippen molar-refractivity contribution in [1.29, 1.82) is 0 Å². The van der Waals surface area contributed by atoms with Gasteiger partial charge in [0.25, 0.3) is 5.91 Å². The third kappa shape index (κ3) is 4.34. The Bertz CT molecular complexity index is 972. The molecule has 0 saturated carbocycles. The summed E-state index contributed by atoms with van der Waals surface area (Å²) in [5.74, 6) is 0.801. The van der Waals surface area contributed by atoms with Gasteiger partial charge < -0.3 is 10.2 Å². The van der Waals surface area contributed by atoms with Crippen LogP contribution in [0.15, 0.2) is 66.9 Å². The van der Waals surface area contributed by atoms with Crippen molar-refractivity contribution >= 4 is 23.3 Å². The quantitative estimate of drug-likeness (QED) is 0.692. The molecule has 0 radical (unpaired) electrons. The maximum atomic E-state index is 12.8. The first-order valence-corrected chi connectivity index (χ1v) is 9.87. The van der Waals surface area contributed by atoms with Crippen molar-refractivity contribution in [1.82, 2.24) is 9.88 Å². The minimum atomic E-state index is 0.0347. The third-order valence-corrected chi connectivity index (χ3v) is 5.27. The van der Waals surface area contributed by atoms with Crippen molar-refractivity contribution in [2.45, 2.75) is 19.4 Å². The standard InChI is InChI=1S/C23H22ClN3O/c24-21-7-3-4-17(14-21)10-12-25-22-9-8-19(15-26-22)23(28)27-13-11-18-5-1-2-6-20(18)16-27/h1-9,14-15H,10-13,16H2,(H,25,26). The Labute approximate surface area is 170 Å². The van der Waals surface area contributed by atoms with E-state index < -0.39 is 0 Å². The van der Waals surface area contributed by atoms with Gasteiger partial charge in [-0.15, -0.1) is 0 Å². The molecule has 0 spiro atoms. The molecule has 0 atom stereocenters. The lowest BCUT2D eigenvalue weighted by atomic mass is 9.99. The van der Waals surface area contributed by atoms with Crippen LogP contribution in [-0.2, 0) is 19.4 Å². The highest BCUT2D eigenvalue weighted by molar-refractivity contribution is 6.30. The summed E-state index contributed by atoms with van der Waals surface area (Å²) in [7, 11) is 0. The molecule has 0 unspecified atom stereocenters. The van der Waals surface area contributed by atoms with Crippen LogP contribution in [0.1, 0.15) is 27.0 Å². The summed E-state index contributed by atoms with van der Waals surface area (Å²) in [5, 5.41) is 4.04. The average Bonchev–Trinajstić information content (AvgIpc) is 2.73. The van der Waals surface area contributed by atoms with Crippen molar-refractivity contribution in [3.05, 3.63) is 94.1 Å². The van der Waals surface area contributed by atoms with Crippen molar-refractivity contribution in [2.75, 3.05) is 18.4 Å². The summed E-state index contributed by atoms with van der Waals surface area (Å²) in [6, 6.07) is 19.9. The predicted octanol–water partition coefficient (Wildman–Crippen LogP) is 4.59. The first-order valence-electron chi connectivity index (χ1n) is 9.49. The molecule has 1 N–H and O–H groups in total. The van der Waals surface area contributed by atoms with E-state index in [-0.39, 0.29) is 5.91 Å². The van der Waals surface area contributed by atoms with Crippen molar-refractivity contribution in [2.24, 2.45) is 0 Å². The van der Waals surface area contributed by atoms with E-state index in [0.29, 0.717) is 12.1 Å². The number of nitrogens with one attached hydrogen (secondary N) is 1. The second-order valence-electron chi connectivity index (χ2n) is 6.98. The van der Waals surface area contributed by atoms with Gasteiger partial charge in [-0.1, -0.05) is 48.0 Å². The molecule has 1 aliphatic rings. The summed E-state index contributed by atoms with van der Waals surface area (Å²) >= 11 is 6.01. The third-order valence-electron chi connectivity index (χ3n) is 5.04. The fourth-order valence-corrected chi connectivity index (χ4v) is 3.72. The van der Waals surface area contributed by atoms with Gasteiger partial charge in [-0.25, -0.2) is 4.98 Å². The molecule has 1 amide bonds. The maximum Gasteiger partial charge on any atom is 0.255 e. The molecule has 2 heterocycles. The number of hydrogen-bond donors (Lipinski definition) is 1. The maximum absolute atomic E-state index is 12.8. The number of amides is 1. The van der Waals surface area contributed by atoms with Crippen molar-refractivity contribution in [3.8, 4) is 0 Å². The smallest absolute Gasteiger partial charge is 0.255 e. The van der Waals surface area contributed by atoms with E-state index in [0.717, 1.165) is 36.8 Å². The lowest BCUT2D eigenvalue weighted by Crippen LogP contribution is -2.36. The molecule has 4 rings (SSSR count). The SMILES string of the molecule is O=C(c1ccc(NCCc2cccc(Cl)c2)nc1)N1CCc2ccccc2C1. The number of carbonyl (C=O) groups excluding carboxylic acids is 1. The van der Waals surface area contributed by atoms with Gasteiger partial charge in [-0.05, 0) is 53.8 Å². The molecule has 0 fully saturated rings. The number of benzene rings is 2. The lowest BCUT2D eigenvalue weighted by Gasteiger charge is -2.28. The Morgan fingerprint density at radius 3 is 2.71 bits per heavy atom. The molecule has 2 aromatic carbocycles. The van der Waals surface area contributed by atoms with Crippen LogP contribution in [0.2, 0.25) is 5.02 Å². The fourth-order valence-electron chi connectivity index (χ4n) is 3.50. The molecule has 1 aromatic heterocycles. The highest BCUT2D eigenvalue weighted by Gasteiger charge is 2.21. The van der Waals surface area contributed by atoms with Gasteiger partial charge in [0.05, 0.1) is 5.56 Å². The molecule has 0 bridgehead atoms. The van der Waals surface area contributed by atoms with Crippen LogP contribution < -0.4 is 5.32 Å². The van der Waals surface area contributed by atoms with Gasteiger partial charge in [0.1, 0.15) is 5.82 Å². The average molecular weight is 392 g/mol. The van der Waals surface area contributed by atoms with Crippen LogP contribution in [-0.4, -0.2) is 28.9 Å². The van der Waals surface area contributed by atoms with Gasteiger partial charge >= 0.3 is 0 Å². The Balaban J connectivity index is 1.33. The number of aromatic nitrogens is 1. The second-order valence-corrected chi connectivity index (χ2v) is 7.42. The van der Waals surface area contributed by atoms with Crippen LogP contribution in [0, 0.1) is 0 Å². The molecular weight excluding hydrogens is 370 g/mol. The first kappa shape index (κ1) is 18.5. The Morgan fingerprint density at radius 1 is 1.07 bits per heavy atom. The van der Waals surface area contributed by atoms with E-state index in [9.17, 15) is 4.79 Å². The summed E-state index contributed by atoms with van der Waals surface area (Å²) in [6.45, 7) is 2.16. The van der Waals surface area contributed by atoms with Gasteiger partial charge in [0, 0.05) is 30.9 Å². The summed E-state index contributed by atoms with van der Waals surface area (Å²) in [6.07, 6.45) is 3.42. The number of anilines is 1. The molecule has 3 aromatic rings. The molecule has 1 aliphatic heterocycles. The van der Waals surface area contributed by atoms with E-state index in [2.05, 4.69) is 34.6 Å². The Kier molecular flexibility index (Phi) is 5.58. The zero-order chi connectivity index (χ0) is 19.3. The minimum absolute atomic E-state index is 0.0347. The molecule has 5 heteroatoms. The molecule has 28 heavy (non-hydrogen) atoms. The van der Waals surface area contributed by atoms with Crippen LogP contribution in [0.5, 0.6) is 0 Å². The predicted molar refractivity (Wildman–Crippen MR) is 113 cm³/mol. The summed E-state index contributed by atoms with van der Waals surface area (Å²) in [5.41, 5.74) is 4.37. The number of pyridine rings is 1. The number of halogens is 1. The zero-order valence-electron chi connectivity index (χ0n) is 15.6. The van der Waals surface area contributed by atoms with Gasteiger partial charge in [0.2, 0.25) is 0 Å². The molecule has 142 valence electrons. The highest BCUT2D eigenvalue weighted by atomic mass is 35.5. The number of hydrogen-bond acceptors (Lipinski definition) is 3. The zero-order valence-corrected chi connectivity index (χ0v) is 16.3. The first-order chi connectivity index (χ1) is 13.7. The molecular formula is C23H22ClN3O. The fraction of sp³-hybridized carbons (Fsp3) is 0.217. The number of fused-ring (bicyclic) bond motifs is 1. The van der Waals surface area contributed by atoms with Crippen molar-refractivity contribution < 1.29 is 4.79 Å². The number of nitrogens with zero attached hydrogens (tertiary/aromatic N) is 2. The van der Waals surface area contributed by atoms with Gasteiger partial charge in [-0.3, -0.25) is 4.79 Å². The Hall–Kier alpha value is -2.85. The number of carbonyl (C=O) groups is 1. The van der Waals surface area contributed by atoms with Crippen LogP contribution in [0.3, 0.4) is 0 Å². The van der Waals surface area contributed by atoms with E-state index in [4.69, 9.17) is 11.6 Å². The van der Waals surface area contributed by atoms with E-state index in [1.165, 1.54) is 16.7 Å². The largest absolute Gasteiger partial charge is 0.370 e. The van der Waals surface area contributed by atoms with Crippen LogP contribution in [0.25, 0.3) is 0 Å². The molecule has 0 aliphatic carbocycles. The number of rotatable bonds is 5. The topological polar surface area (TPSA) is 45.2 Å². The molecule has 0 saturated heterocycles. The summed E-state index contributed by atoms with van der Waals surface area (Å²) < 4.78 is 0. The monoisotopic (exact) mass is 391 g/mol. The highest BCUT2D eigenvalue weighted by Crippen LogP contribution is 2.20. The molecule has 4 nitrogen and oxygen atoms in total. The van der Waals surface area contributed by atoms with E-state index in [1.54, 1.807) is 6.20 Å². The van der Waals surface area contributed by atoms with Crippen LogP contribution >= 0.6 is 11.6 Å².